The second-order valence-corrected chi connectivity index (χ2v) is 4.50. The molecule has 1 aromatic carbocycles. The van der Waals surface area contributed by atoms with Gasteiger partial charge < -0.3 is 0 Å². The van der Waals surface area contributed by atoms with Crippen LogP contribution >= 0.6 is 0 Å². The van der Waals surface area contributed by atoms with Crippen LogP contribution in [0.2, 0.25) is 0 Å². The smallest absolute Gasteiger partial charge is 0.0353 e. The maximum Gasteiger partial charge on any atom is 0.0353 e. The average molecular weight is 206 g/mol. The van der Waals surface area contributed by atoms with Crippen molar-refractivity contribution in [1.82, 2.24) is 0 Å². The summed E-state index contributed by atoms with van der Waals surface area (Å²) in [5.41, 5.74) is 10.2. The highest BCUT2D eigenvalue weighted by atomic mass is 14.3. The van der Waals surface area contributed by atoms with Crippen LogP contribution in [0.5, 0.6) is 0 Å². The van der Waals surface area contributed by atoms with Gasteiger partial charge in [0.05, 0.1) is 0 Å². The molecule has 0 radical (unpaired) electrons. The monoisotopic (exact) mass is 206 g/mol. The van der Waals surface area contributed by atoms with Crippen LogP contribution in [0.25, 0.3) is 6.08 Å². The molecular weight excluding hydrogens is 192 g/mol. The van der Waals surface area contributed by atoms with Gasteiger partial charge in [0.2, 0.25) is 0 Å². The van der Waals surface area contributed by atoms with E-state index in [0.29, 0.717) is 5.92 Å². The molecule has 0 spiro atoms. The summed E-state index contributed by atoms with van der Waals surface area (Å²) in [6.07, 6.45) is 10.8. The lowest BCUT2D eigenvalue weighted by atomic mass is 9.78. The normalized spacial score (nSPS) is 20.4. The third-order valence-electron chi connectivity index (χ3n) is 3.47. The second kappa shape index (κ2) is 3.37. The molecule has 78 valence electrons. The van der Waals surface area contributed by atoms with Gasteiger partial charge in [0.1, 0.15) is 0 Å². The van der Waals surface area contributed by atoms with E-state index in [1.807, 2.05) is 6.08 Å². The molecule has 3 rings (SSSR count). The zero-order chi connectivity index (χ0) is 11.1. The molecule has 0 nitrogen and oxygen atoms in total. The summed E-state index contributed by atoms with van der Waals surface area (Å²) in [6, 6.07) is 4.42. The third kappa shape index (κ3) is 1.24. The van der Waals surface area contributed by atoms with Gasteiger partial charge in [0.15, 0.2) is 0 Å². The summed E-state index contributed by atoms with van der Waals surface area (Å²) >= 11 is 0. The molecule has 1 aromatic rings. The van der Waals surface area contributed by atoms with E-state index < -0.39 is 0 Å². The number of allylic oxidation sites excluding steroid dienone is 4. The van der Waals surface area contributed by atoms with Crippen LogP contribution in [0.4, 0.5) is 0 Å². The SMILES string of the molecule is Cc1ccc(C)c2c1C=CC1=CC=C=CC12. The van der Waals surface area contributed by atoms with Crippen LogP contribution in [-0.2, 0) is 0 Å². The van der Waals surface area contributed by atoms with E-state index in [-0.39, 0.29) is 0 Å². The molecule has 0 bridgehead atoms. The van der Waals surface area contributed by atoms with E-state index in [4.69, 9.17) is 0 Å². The van der Waals surface area contributed by atoms with Gasteiger partial charge in [-0.2, -0.15) is 0 Å². The molecule has 0 saturated carbocycles. The molecule has 0 aromatic heterocycles. The highest BCUT2D eigenvalue weighted by Crippen LogP contribution is 2.38. The minimum Gasteiger partial charge on any atom is -0.124 e. The number of aryl methyl sites for hydroxylation is 2. The molecule has 2 aliphatic rings. The van der Waals surface area contributed by atoms with Crippen LogP contribution in [0, 0.1) is 13.8 Å². The maximum atomic E-state index is 3.21. The highest BCUT2D eigenvalue weighted by molar-refractivity contribution is 5.70. The zero-order valence-electron chi connectivity index (χ0n) is 9.62. The van der Waals surface area contributed by atoms with Crippen molar-refractivity contribution in [2.45, 2.75) is 19.8 Å². The molecule has 0 heterocycles. The Kier molecular flexibility index (Phi) is 1.99. The molecule has 0 saturated heterocycles. The minimum absolute atomic E-state index is 0.407. The van der Waals surface area contributed by atoms with Gasteiger partial charge in [-0.05, 0) is 53.8 Å². The second-order valence-electron chi connectivity index (χ2n) is 4.50. The standard InChI is InChI=1S/C16H14/c1-11-7-8-12(2)16-14(11)10-9-13-5-3-4-6-15(13)16/h3,5-10,15H,1-2H3. The first-order valence-electron chi connectivity index (χ1n) is 5.68. The van der Waals surface area contributed by atoms with Crippen molar-refractivity contribution in [3.05, 3.63) is 70.0 Å². The summed E-state index contributed by atoms with van der Waals surface area (Å²) < 4.78 is 0. The van der Waals surface area contributed by atoms with E-state index in [0.717, 1.165) is 0 Å². The molecular formula is C16H14. The van der Waals surface area contributed by atoms with Crippen LogP contribution in [0.15, 0.2) is 47.7 Å². The number of rotatable bonds is 0. The Morgan fingerprint density at radius 3 is 2.75 bits per heavy atom. The van der Waals surface area contributed by atoms with Crippen LogP contribution in [-0.4, -0.2) is 0 Å². The zero-order valence-corrected chi connectivity index (χ0v) is 9.62. The van der Waals surface area contributed by atoms with E-state index in [1.54, 1.807) is 0 Å². The largest absolute Gasteiger partial charge is 0.124 e. The fraction of sp³-hybridized carbons (Fsp3) is 0.188. The lowest BCUT2D eigenvalue weighted by molar-refractivity contribution is 0.982. The molecule has 0 amide bonds. The third-order valence-corrected chi connectivity index (χ3v) is 3.47. The molecule has 1 atom stereocenters. The molecule has 16 heavy (non-hydrogen) atoms. The highest BCUT2D eigenvalue weighted by Gasteiger charge is 2.22. The van der Waals surface area contributed by atoms with E-state index in [2.05, 4.69) is 56.0 Å². The fourth-order valence-corrected chi connectivity index (χ4v) is 2.57. The van der Waals surface area contributed by atoms with Crippen molar-refractivity contribution < 1.29 is 0 Å². The molecule has 2 aliphatic carbocycles. The first-order valence-corrected chi connectivity index (χ1v) is 5.68. The number of benzene rings is 1. The van der Waals surface area contributed by atoms with Gasteiger partial charge in [-0.3, -0.25) is 0 Å². The van der Waals surface area contributed by atoms with Crippen LogP contribution in [0.3, 0.4) is 0 Å². The van der Waals surface area contributed by atoms with Gasteiger partial charge in [-0.15, -0.1) is 5.73 Å². The Morgan fingerprint density at radius 2 is 1.88 bits per heavy atom. The Hall–Kier alpha value is -1.78. The summed E-state index contributed by atoms with van der Waals surface area (Å²) in [5.74, 6) is 0.407. The van der Waals surface area contributed by atoms with Gasteiger partial charge in [-0.1, -0.05) is 30.4 Å². The Balaban J connectivity index is 2.32. The topological polar surface area (TPSA) is 0 Å². The number of hydrogen-bond acceptors (Lipinski definition) is 0. The average Bonchev–Trinajstić information content (AvgIpc) is 2.33. The Morgan fingerprint density at radius 1 is 1.06 bits per heavy atom. The summed E-state index contributed by atoms with van der Waals surface area (Å²) in [5, 5.41) is 0. The first kappa shape index (κ1) is 9.45. The summed E-state index contributed by atoms with van der Waals surface area (Å²) in [7, 11) is 0. The van der Waals surface area contributed by atoms with Gasteiger partial charge in [0.25, 0.3) is 0 Å². The summed E-state index contributed by atoms with van der Waals surface area (Å²) in [4.78, 5) is 0. The van der Waals surface area contributed by atoms with Crippen molar-refractivity contribution in [3.8, 4) is 0 Å². The predicted molar refractivity (Wildman–Crippen MR) is 68.4 cm³/mol. The Labute approximate surface area is 96.3 Å². The maximum absolute atomic E-state index is 3.21. The quantitative estimate of drug-likeness (QED) is 0.561. The van der Waals surface area contributed by atoms with Crippen LogP contribution < -0.4 is 0 Å². The van der Waals surface area contributed by atoms with E-state index >= 15 is 0 Å². The molecule has 0 fully saturated rings. The molecule has 0 aliphatic heterocycles. The lowest BCUT2D eigenvalue weighted by Gasteiger charge is -2.25. The van der Waals surface area contributed by atoms with Gasteiger partial charge >= 0.3 is 0 Å². The fourth-order valence-electron chi connectivity index (χ4n) is 2.57. The summed E-state index contributed by atoms with van der Waals surface area (Å²) in [6.45, 7) is 4.38. The molecule has 0 heteroatoms. The van der Waals surface area contributed by atoms with Crippen molar-refractivity contribution in [1.29, 1.82) is 0 Å². The van der Waals surface area contributed by atoms with Crippen molar-refractivity contribution in [3.63, 3.8) is 0 Å². The molecule has 0 N–H and O–H groups in total. The lowest BCUT2D eigenvalue weighted by Crippen LogP contribution is -2.09. The van der Waals surface area contributed by atoms with E-state index in [9.17, 15) is 0 Å². The van der Waals surface area contributed by atoms with Crippen LogP contribution in [0.1, 0.15) is 28.2 Å². The number of fused-ring (bicyclic) bond motifs is 3. The van der Waals surface area contributed by atoms with Gasteiger partial charge in [-0.25, -0.2) is 0 Å². The Bertz CT molecular complexity index is 576. The predicted octanol–water partition coefficient (Wildman–Crippen LogP) is 4.07. The van der Waals surface area contributed by atoms with Crippen molar-refractivity contribution >= 4 is 6.08 Å². The number of hydrogen-bond donors (Lipinski definition) is 0. The minimum atomic E-state index is 0.407. The van der Waals surface area contributed by atoms with E-state index in [1.165, 1.54) is 27.8 Å². The first-order chi connectivity index (χ1) is 7.77. The van der Waals surface area contributed by atoms with Gasteiger partial charge in [0, 0.05) is 5.92 Å². The molecule has 1 unspecified atom stereocenters. The van der Waals surface area contributed by atoms with Crippen molar-refractivity contribution in [2.75, 3.05) is 0 Å². The van der Waals surface area contributed by atoms with Crippen molar-refractivity contribution in [2.24, 2.45) is 0 Å².